The van der Waals surface area contributed by atoms with E-state index in [1.807, 2.05) is 159 Å². The number of pyridine rings is 1. The molecule has 0 spiro atoms. The van der Waals surface area contributed by atoms with Gasteiger partial charge in [0.15, 0.2) is 0 Å². The predicted octanol–water partition coefficient (Wildman–Crippen LogP) is 6.98. The fourth-order valence-corrected chi connectivity index (χ4v) is 7.35. The van der Waals surface area contributed by atoms with Gasteiger partial charge in [-0.1, -0.05) is 84.9 Å². The van der Waals surface area contributed by atoms with Crippen molar-refractivity contribution in [2.24, 2.45) is 0 Å². The Morgan fingerprint density at radius 3 is 1.93 bits per heavy atom. The van der Waals surface area contributed by atoms with Gasteiger partial charge in [0, 0.05) is 23.9 Å². The number of carbonyl (C=O) groups excluding carboxylic acids is 2. The van der Waals surface area contributed by atoms with Gasteiger partial charge in [0.2, 0.25) is 11.8 Å². The maximum atomic E-state index is 13.9. The van der Waals surface area contributed by atoms with Crippen molar-refractivity contribution in [1.29, 1.82) is 0 Å². The Hall–Kier alpha value is -5.91. The van der Waals surface area contributed by atoms with E-state index in [9.17, 15) is 9.59 Å². The molecule has 3 aromatic heterocycles. The van der Waals surface area contributed by atoms with Crippen LogP contribution in [0.25, 0.3) is 33.8 Å². The van der Waals surface area contributed by atoms with Crippen LogP contribution in [0.3, 0.4) is 0 Å². The second kappa shape index (κ2) is 16.0. The van der Waals surface area contributed by atoms with Crippen LogP contribution < -0.4 is 5.32 Å². The molecule has 1 saturated heterocycles. The zero-order valence-electron chi connectivity index (χ0n) is 31.4. The fraction of sp³-hybridized carbons (Fsp3) is 0.279. The molecule has 0 radical (unpaired) electrons. The SMILES string of the molecule is C[C@H](NC(=O)[C@@H](c1ccccc1)N(C)C)c1ncc(-c2ccc(-c3ccc(-c4cnc(C5CCCN5C(=O)[C@H](c5ccccc5)N(C)C)[nH]4)cn3)cc2)[nH]1. The number of aromatic nitrogens is 5. The molecule has 11 heteroatoms. The number of likely N-dealkylation sites (N-methyl/N-ethyl adjacent to an activating group) is 2. The summed E-state index contributed by atoms with van der Waals surface area (Å²) in [6.45, 7) is 2.63. The zero-order valence-corrected chi connectivity index (χ0v) is 31.4. The second-order valence-corrected chi connectivity index (χ2v) is 14.3. The first-order valence-corrected chi connectivity index (χ1v) is 18.4. The fourth-order valence-electron chi connectivity index (χ4n) is 7.35. The lowest BCUT2D eigenvalue weighted by atomic mass is 10.0. The lowest BCUT2D eigenvalue weighted by molar-refractivity contribution is -0.137. The molecular formula is C43H47N9O2. The Kier molecular flexibility index (Phi) is 10.8. The third kappa shape index (κ3) is 7.73. The number of H-pyrrole nitrogens is 2. The lowest BCUT2D eigenvalue weighted by Crippen LogP contribution is -2.40. The minimum Gasteiger partial charge on any atom is -0.345 e. The first-order valence-electron chi connectivity index (χ1n) is 18.4. The molecule has 7 rings (SSSR count). The molecule has 0 aliphatic carbocycles. The van der Waals surface area contributed by atoms with Crippen molar-refractivity contribution in [2.45, 2.75) is 43.9 Å². The summed E-state index contributed by atoms with van der Waals surface area (Å²) in [7, 11) is 7.70. The highest BCUT2D eigenvalue weighted by molar-refractivity contribution is 5.84. The van der Waals surface area contributed by atoms with Gasteiger partial charge in [0.1, 0.15) is 23.7 Å². The summed E-state index contributed by atoms with van der Waals surface area (Å²) in [6.07, 6.45) is 7.27. The Labute approximate surface area is 316 Å². The lowest BCUT2D eigenvalue weighted by Gasteiger charge is -2.31. The predicted molar refractivity (Wildman–Crippen MR) is 211 cm³/mol. The van der Waals surface area contributed by atoms with Crippen LogP contribution in [0.5, 0.6) is 0 Å². The van der Waals surface area contributed by atoms with Gasteiger partial charge in [-0.15, -0.1) is 0 Å². The number of imidazole rings is 2. The van der Waals surface area contributed by atoms with Crippen LogP contribution in [-0.2, 0) is 9.59 Å². The third-order valence-corrected chi connectivity index (χ3v) is 10.1. The number of amides is 2. The maximum absolute atomic E-state index is 13.9. The van der Waals surface area contributed by atoms with Crippen LogP contribution in [0.1, 0.15) is 66.7 Å². The summed E-state index contributed by atoms with van der Waals surface area (Å²) in [6, 6.07) is 30.7. The molecule has 276 valence electrons. The van der Waals surface area contributed by atoms with Crippen molar-refractivity contribution in [3.8, 4) is 33.8 Å². The number of hydrogen-bond acceptors (Lipinski definition) is 7. The molecular weight excluding hydrogens is 675 g/mol. The van der Waals surface area contributed by atoms with Crippen molar-refractivity contribution in [2.75, 3.05) is 34.7 Å². The minimum absolute atomic E-state index is 0.0859. The second-order valence-electron chi connectivity index (χ2n) is 14.3. The van der Waals surface area contributed by atoms with E-state index in [1.54, 1.807) is 6.20 Å². The number of benzene rings is 3. The van der Waals surface area contributed by atoms with E-state index in [2.05, 4.69) is 20.3 Å². The van der Waals surface area contributed by atoms with Gasteiger partial charge < -0.3 is 20.2 Å². The van der Waals surface area contributed by atoms with Crippen LogP contribution in [0.2, 0.25) is 0 Å². The molecule has 54 heavy (non-hydrogen) atoms. The van der Waals surface area contributed by atoms with Crippen molar-refractivity contribution >= 4 is 11.8 Å². The molecule has 4 atom stereocenters. The van der Waals surface area contributed by atoms with Crippen molar-refractivity contribution in [1.82, 2.24) is 44.9 Å². The van der Waals surface area contributed by atoms with Gasteiger partial charge in [0.05, 0.1) is 41.6 Å². The third-order valence-electron chi connectivity index (χ3n) is 10.1. The first-order chi connectivity index (χ1) is 26.2. The maximum Gasteiger partial charge on any atom is 0.245 e. The van der Waals surface area contributed by atoms with Crippen LogP contribution in [0.4, 0.5) is 0 Å². The summed E-state index contributed by atoms with van der Waals surface area (Å²) in [5.74, 6) is 1.49. The van der Waals surface area contributed by atoms with Crippen LogP contribution in [0.15, 0.2) is 116 Å². The monoisotopic (exact) mass is 721 g/mol. The van der Waals surface area contributed by atoms with Crippen molar-refractivity contribution < 1.29 is 9.59 Å². The normalized spacial score (nSPS) is 16.1. The highest BCUT2D eigenvalue weighted by Gasteiger charge is 2.37. The Balaban J connectivity index is 0.992. The summed E-state index contributed by atoms with van der Waals surface area (Å²) < 4.78 is 0. The van der Waals surface area contributed by atoms with Crippen molar-refractivity contribution in [3.05, 3.63) is 138 Å². The molecule has 11 nitrogen and oxygen atoms in total. The molecule has 4 heterocycles. The molecule has 1 aliphatic rings. The molecule has 6 aromatic rings. The average molecular weight is 722 g/mol. The minimum atomic E-state index is -0.406. The van der Waals surface area contributed by atoms with Gasteiger partial charge in [-0.3, -0.25) is 24.4 Å². The number of carbonyl (C=O) groups is 2. The smallest absolute Gasteiger partial charge is 0.245 e. The first kappa shape index (κ1) is 36.4. The van der Waals surface area contributed by atoms with Crippen molar-refractivity contribution in [3.63, 3.8) is 0 Å². The molecule has 0 bridgehead atoms. The van der Waals surface area contributed by atoms with Gasteiger partial charge in [-0.25, -0.2) is 9.97 Å². The van der Waals surface area contributed by atoms with Crippen LogP contribution >= 0.6 is 0 Å². The van der Waals surface area contributed by atoms with Gasteiger partial charge >= 0.3 is 0 Å². The Morgan fingerprint density at radius 2 is 1.30 bits per heavy atom. The van der Waals surface area contributed by atoms with Crippen LogP contribution in [0, 0.1) is 0 Å². The number of nitrogens with zero attached hydrogens (tertiary/aromatic N) is 6. The zero-order chi connectivity index (χ0) is 37.8. The van der Waals surface area contributed by atoms with E-state index >= 15 is 0 Å². The summed E-state index contributed by atoms with van der Waals surface area (Å²) in [5.41, 5.74) is 7.39. The largest absolute Gasteiger partial charge is 0.345 e. The van der Waals surface area contributed by atoms with E-state index < -0.39 is 6.04 Å². The number of nitrogens with one attached hydrogen (secondary N) is 3. The summed E-state index contributed by atoms with van der Waals surface area (Å²) >= 11 is 0. The average Bonchev–Trinajstić information content (AvgIpc) is 3.98. The molecule has 1 unspecified atom stereocenters. The standard InChI is InChI=1S/C43H47N9O2/c1-28(47-42(53)38(50(2)3)31-13-8-6-9-14-31)40-45-26-35(48-40)30-20-18-29(19-21-30)34-23-22-33(25-44-34)36-27-46-41(49-36)37-17-12-24-52(37)43(54)39(51(4)5)32-15-10-7-11-16-32/h6-11,13-16,18-23,25-28,37-39H,12,17,24H2,1-5H3,(H,45,48)(H,46,49)(H,47,53)/t28-,37?,38+,39-/m0/s1. The summed E-state index contributed by atoms with van der Waals surface area (Å²) in [4.78, 5) is 54.0. The van der Waals surface area contributed by atoms with Crippen LogP contribution in [-0.4, -0.2) is 86.2 Å². The highest BCUT2D eigenvalue weighted by Crippen LogP contribution is 2.35. The topological polar surface area (TPSA) is 126 Å². The van der Waals surface area contributed by atoms with E-state index in [0.717, 1.165) is 63.6 Å². The number of rotatable bonds is 12. The van der Waals surface area contributed by atoms with Gasteiger partial charge in [-0.2, -0.15) is 0 Å². The number of hydrogen-bond donors (Lipinski definition) is 3. The molecule has 1 fully saturated rings. The molecule has 0 saturated carbocycles. The molecule has 1 aliphatic heterocycles. The van der Waals surface area contributed by atoms with Gasteiger partial charge in [-0.05, 0) is 76.8 Å². The Morgan fingerprint density at radius 1 is 0.704 bits per heavy atom. The molecule has 2 amide bonds. The number of aromatic amines is 2. The Bertz CT molecular complexity index is 2160. The molecule has 3 N–H and O–H groups in total. The number of likely N-dealkylation sites (tertiary alicyclic amines) is 1. The van der Waals surface area contributed by atoms with E-state index in [-0.39, 0.29) is 29.9 Å². The van der Waals surface area contributed by atoms with E-state index in [4.69, 9.17) is 9.97 Å². The summed E-state index contributed by atoms with van der Waals surface area (Å²) in [5, 5.41) is 3.12. The van der Waals surface area contributed by atoms with E-state index in [0.29, 0.717) is 12.4 Å². The van der Waals surface area contributed by atoms with Gasteiger partial charge in [0.25, 0.3) is 0 Å². The highest BCUT2D eigenvalue weighted by atomic mass is 16.2. The molecule has 3 aromatic carbocycles. The quantitative estimate of drug-likeness (QED) is 0.125. The van der Waals surface area contributed by atoms with E-state index in [1.165, 1.54) is 0 Å².